The summed E-state index contributed by atoms with van der Waals surface area (Å²) in [6, 6.07) is 8.29. The molecule has 2 heterocycles. The molecule has 4 rings (SSSR count). The molecule has 32 heavy (non-hydrogen) atoms. The van der Waals surface area contributed by atoms with Gasteiger partial charge in [-0.2, -0.15) is 5.26 Å². The molecule has 1 aliphatic heterocycles. The number of thiophene rings is 1. The van der Waals surface area contributed by atoms with Crippen molar-refractivity contribution in [2.24, 2.45) is 5.73 Å². The van der Waals surface area contributed by atoms with E-state index in [4.69, 9.17) is 17.3 Å². The van der Waals surface area contributed by atoms with Crippen LogP contribution in [0.15, 0.2) is 56.5 Å². The van der Waals surface area contributed by atoms with E-state index < -0.39 is 10.8 Å². The summed E-state index contributed by atoms with van der Waals surface area (Å²) < 4.78 is 1.06. The number of carbonyl (C=O) groups excluding carboxylic acids is 1. The van der Waals surface area contributed by atoms with Crippen molar-refractivity contribution in [1.29, 1.82) is 5.26 Å². The molecule has 1 atom stereocenters. The van der Waals surface area contributed by atoms with Crippen LogP contribution in [0.5, 0.6) is 0 Å². The first-order valence-corrected chi connectivity index (χ1v) is 12.2. The van der Waals surface area contributed by atoms with E-state index >= 15 is 0 Å². The number of halogens is 1. The van der Waals surface area contributed by atoms with Crippen LogP contribution in [-0.4, -0.2) is 16.5 Å². The van der Waals surface area contributed by atoms with Gasteiger partial charge in [-0.15, -0.1) is 23.1 Å². The van der Waals surface area contributed by atoms with Gasteiger partial charge in [0.15, 0.2) is 5.78 Å². The molecular weight excluding hydrogens is 468 g/mol. The monoisotopic (exact) mass is 486 g/mol. The molecule has 2 aliphatic rings. The van der Waals surface area contributed by atoms with Gasteiger partial charge >= 0.3 is 0 Å². The van der Waals surface area contributed by atoms with Gasteiger partial charge < -0.3 is 5.73 Å². The molecule has 2 N–H and O–H groups in total. The Morgan fingerprint density at radius 3 is 2.84 bits per heavy atom. The van der Waals surface area contributed by atoms with Crippen molar-refractivity contribution in [3.63, 3.8) is 0 Å². The van der Waals surface area contributed by atoms with Crippen molar-refractivity contribution in [3.8, 4) is 6.07 Å². The summed E-state index contributed by atoms with van der Waals surface area (Å²) in [4.78, 5) is 25.4. The number of nitrogens with zero attached hydrogens (tertiary/aromatic N) is 3. The number of thioether (sulfide) groups is 1. The summed E-state index contributed by atoms with van der Waals surface area (Å²) in [6.07, 6.45) is 1.64. The number of anilines is 1. The maximum atomic E-state index is 13.2. The first kappa shape index (κ1) is 22.4. The third-order valence-corrected chi connectivity index (χ3v) is 7.99. The summed E-state index contributed by atoms with van der Waals surface area (Å²) in [5, 5.41) is 23.3. The Labute approximate surface area is 198 Å². The second-order valence-electron chi connectivity index (χ2n) is 7.31. The van der Waals surface area contributed by atoms with E-state index in [1.165, 1.54) is 18.2 Å². The van der Waals surface area contributed by atoms with Gasteiger partial charge in [-0.05, 0) is 41.7 Å². The molecule has 2 aromatic rings. The van der Waals surface area contributed by atoms with Crippen LogP contribution in [-0.2, 0) is 4.79 Å². The Hall–Kier alpha value is -2.80. The predicted molar refractivity (Wildman–Crippen MR) is 127 cm³/mol. The predicted octanol–water partition coefficient (Wildman–Crippen LogP) is 5.73. The Morgan fingerprint density at radius 1 is 1.41 bits per heavy atom. The van der Waals surface area contributed by atoms with E-state index in [0.717, 1.165) is 15.5 Å². The Balaban J connectivity index is 1.95. The SMILES string of the molecule is CCSc1sccc1C1C(C#N)=C(N)N(c2ccc([N+](=O)[O-])cc2Cl)C2=C1C(=O)CCC2. The molecule has 7 nitrogen and oxygen atoms in total. The summed E-state index contributed by atoms with van der Waals surface area (Å²) in [6.45, 7) is 2.05. The van der Waals surface area contributed by atoms with Gasteiger partial charge in [-0.1, -0.05) is 18.5 Å². The second-order valence-corrected chi connectivity index (χ2v) is 10.2. The van der Waals surface area contributed by atoms with E-state index in [9.17, 15) is 20.2 Å². The molecule has 0 amide bonds. The molecule has 1 aromatic carbocycles. The fourth-order valence-corrected chi connectivity index (χ4v) is 6.56. The molecule has 0 saturated carbocycles. The number of hydrogen-bond acceptors (Lipinski definition) is 8. The zero-order chi connectivity index (χ0) is 23.0. The van der Waals surface area contributed by atoms with Crippen molar-refractivity contribution in [2.75, 3.05) is 10.7 Å². The largest absolute Gasteiger partial charge is 0.384 e. The number of allylic oxidation sites excluding steroid dienone is 3. The highest BCUT2D eigenvalue weighted by Gasteiger charge is 2.41. The van der Waals surface area contributed by atoms with Gasteiger partial charge in [0.2, 0.25) is 0 Å². The van der Waals surface area contributed by atoms with Crippen molar-refractivity contribution in [3.05, 3.63) is 73.0 Å². The van der Waals surface area contributed by atoms with Gasteiger partial charge in [-0.3, -0.25) is 19.8 Å². The lowest BCUT2D eigenvalue weighted by atomic mass is 9.76. The minimum Gasteiger partial charge on any atom is -0.384 e. The van der Waals surface area contributed by atoms with Crippen molar-refractivity contribution < 1.29 is 9.72 Å². The molecule has 1 aromatic heterocycles. The average Bonchev–Trinajstić information content (AvgIpc) is 3.21. The number of benzene rings is 1. The highest BCUT2D eigenvalue weighted by atomic mass is 35.5. The van der Waals surface area contributed by atoms with Gasteiger partial charge in [0, 0.05) is 29.8 Å². The first-order valence-electron chi connectivity index (χ1n) is 9.99. The van der Waals surface area contributed by atoms with E-state index in [1.54, 1.807) is 28.0 Å². The normalized spacial score (nSPS) is 18.6. The number of nitro benzene ring substituents is 1. The number of hydrogen-bond donors (Lipinski definition) is 1. The number of nitrogens with two attached hydrogens (primary N) is 1. The number of nitriles is 1. The summed E-state index contributed by atoms with van der Waals surface area (Å²) >= 11 is 9.67. The topological polar surface area (TPSA) is 113 Å². The number of nitro groups is 1. The number of carbonyl (C=O) groups is 1. The quantitative estimate of drug-likeness (QED) is 0.326. The van der Waals surface area contributed by atoms with Crippen LogP contribution in [0.3, 0.4) is 0 Å². The van der Waals surface area contributed by atoms with Gasteiger partial charge in [0.05, 0.1) is 37.4 Å². The maximum absolute atomic E-state index is 13.2. The fraction of sp³-hybridized carbons (Fsp3) is 0.273. The molecular formula is C22H19ClN4O3S2. The average molecular weight is 487 g/mol. The van der Waals surface area contributed by atoms with E-state index in [1.807, 2.05) is 11.4 Å². The van der Waals surface area contributed by atoms with E-state index in [-0.39, 0.29) is 27.9 Å². The van der Waals surface area contributed by atoms with Gasteiger partial charge in [0.1, 0.15) is 5.82 Å². The summed E-state index contributed by atoms with van der Waals surface area (Å²) in [5.41, 5.74) is 9.28. The molecule has 1 aliphatic carbocycles. The lowest BCUT2D eigenvalue weighted by Gasteiger charge is -2.39. The Morgan fingerprint density at radius 2 is 2.19 bits per heavy atom. The zero-order valence-corrected chi connectivity index (χ0v) is 19.5. The molecule has 0 saturated heterocycles. The van der Waals surface area contributed by atoms with E-state index in [0.29, 0.717) is 36.2 Å². The second kappa shape index (κ2) is 8.98. The van der Waals surface area contributed by atoms with Crippen molar-refractivity contribution in [2.45, 2.75) is 36.3 Å². The Bertz CT molecular complexity index is 1230. The molecule has 10 heteroatoms. The van der Waals surface area contributed by atoms with Crippen molar-refractivity contribution >= 4 is 51.9 Å². The Kier molecular flexibility index (Phi) is 6.29. The van der Waals surface area contributed by atoms with Crippen LogP contribution in [0.4, 0.5) is 11.4 Å². The number of rotatable bonds is 5. The summed E-state index contributed by atoms with van der Waals surface area (Å²) in [7, 11) is 0. The number of ketones is 1. The molecule has 0 fully saturated rings. The lowest BCUT2D eigenvalue weighted by molar-refractivity contribution is -0.384. The first-order chi connectivity index (χ1) is 15.4. The number of Topliss-reactive ketones (excluding diaryl/α,β-unsaturated/α-hetero) is 1. The molecule has 0 bridgehead atoms. The molecule has 0 radical (unpaired) electrons. The highest BCUT2D eigenvalue weighted by molar-refractivity contribution is 8.01. The van der Waals surface area contributed by atoms with Crippen LogP contribution in [0, 0.1) is 21.4 Å². The van der Waals surface area contributed by atoms with Gasteiger partial charge in [-0.25, -0.2) is 0 Å². The lowest BCUT2D eigenvalue weighted by Crippen LogP contribution is -2.38. The van der Waals surface area contributed by atoms with Crippen LogP contribution < -0.4 is 10.6 Å². The zero-order valence-electron chi connectivity index (χ0n) is 17.1. The molecule has 1 unspecified atom stereocenters. The van der Waals surface area contributed by atoms with Crippen molar-refractivity contribution in [1.82, 2.24) is 0 Å². The minimum atomic E-state index is -0.531. The van der Waals surface area contributed by atoms with Crippen LogP contribution in [0.2, 0.25) is 5.02 Å². The third-order valence-electron chi connectivity index (χ3n) is 5.54. The molecule has 164 valence electrons. The minimum absolute atomic E-state index is 0.0156. The van der Waals surface area contributed by atoms with Crippen LogP contribution in [0.1, 0.15) is 37.7 Å². The smallest absolute Gasteiger partial charge is 0.271 e. The maximum Gasteiger partial charge on any atom is 0.271 e. The standard InChI is InChI=1S/C22H19ClN4O3S2/c1-2-31-22-13(8-9-32-22)19-14(11-24)21(25)26(17-4-3-5-18(28)20(17)19)16-7-6-12(27(29)30)10-15(16)23/h6-10,19H,2-5,25H2,1H3. The number of non-ortho nitro benzene ring substituents is 1. The fourth-order valence-electron chi connectivity index (χ4n) is 4.23. The van der Waals surface area contributed by atoms with Gasteiger partial charge in [0.25, 0.3) is 5.69 Å². The van der Waals surface area contributed by atoms with Crippen LogP contribution >= 0.6 is 34.7 Å². The van der Waals surface area contributed by atoms with Crippen LogP contribution in [0.25, 0.3) is 0 Å². The molecule has 0 spiro atoms. The third kappa shape index (κ3) is 3.68. The van der Waals surface area contributed by atoms with E-state index in [2.05, 4.69) is 13.0 Å². The summed E-state index contributed by atoms with van der Waals surface area (Å²) in [5.74, 6) is 0.515. The highest BCUT2D eigenvalue weighted by Crippen LogP contribution is 2.50.